The van der Waals surface area contributed by atoms with E-state index in [1.807, 2.05) is 6.07 Å². The molecule has 0 atom stereocenters. The first-order valence-electron chi connectivity index (χ1n) is 7.34. The minimum Gasteiger partial charge on any atom is -0.495 e. The number of nitrogens with one attached hydrogen (secondary N) is 2. The number of hydrogen-bond donors (Lipinski definition) is 2. The van der Waals surface area contributed by atoms with Gasteiger partial charge < -0.3 is 19.8 Å². The van der Waals surface area contributed by atoms with Gasteiger partial charge in [0, 0.05) is 25.6 Å². The Balaban J connectivity index is 1.83. The molecule has 1 aliphatic rings. The van der Waals surface area contributed by atoms with Crippen molar-refractivity contribution in [2.45, 2.75) is 18.8 Å². The Morgan fingerprint density at radius 1 is 1.41 bits per heavy atom. The number of imidazole rings is 1. The molecular formula is C16H19N3O2S. The zero-order valence-electron chi connectivity index (χ0n) is 12.5. The van der Waals surface area contributed by atoms with Crippen LogP contribution in [-0.4, -0.2) is 35.3 Å². The SMILES string of the molecule is COc1ccc(C2CCOCC2)cc1NC(=S)c1ncc[nH]1. The summed E-state index contributed by atoms with van der Waals surface area (Å²) in [5.74, 6) is 1.94. The number of methoxy groups -OCH3 is 1. The lowest BCUT2D eigenvalue weighted by Gasteiger charge is -2.23. The minimum absolute atomic E-state index is 0.525. The van der Waals surface area contributed by atoms with Crippen molar-refractivity contribution >= 4 is 22.9 Å². The van der Waals surface area contributed by atoms with Gasteiger partial charge in [0.15, 0.2) is 5.82 Å². The van der Waals surface area contributed by atoms with E-state index in [1.165, 1.54) is 5.56 Å². The number of nitrogens with zero attached hydrogens (tertiary/aromatic N) is 1. The molecule has 0 radical (unpaired) electrons. The van der Waals surface area contributed by atoms with Crippen molar-refractivity contribution in [1.29, 1.82) is 0 Å². The summed E-state index contributed by atoms with van der Waals surface area (Å²) in [5.41, 5.74) is 2.15. The molecule has 0 unspecified atom stereocenters. The van der Waals surface area contributed by atoms with Crippen LogP contribution in [0, 0.1) is 0 Å². The van der Waals surface area contributed by atoms with Crippen LogP contribution in [0.1, 0.15) is 30.1 Å². The van der Waals surface area contributed by atoms with Gasteiger partial charge in [-0.25, -0.2) is 4.98 Å². The van der Waals surface area contributed by atoms with E-state index >= 15 is 0 Å². The van der Waals surface area contributed by atoms with Crippen LogP contribution in [-0.2, 0) is 4.74 Å². The van der Waals surface area contributed by atoms with Gasteiger partial charge >= 0.3 is 0 Å². The van der Waals surface area contributed by atoms with Crippen LogP contribution in [0.3, 0.4) is 0 Å². The van der Waals surface area contributed by atoms with Gasteiger partial charge in [-0.05, 0) is 36.5 Å². The molecule has 0 bridgehead atoms. The Morgan fingerprint density at radius 3 is 2.91 bits per heavy atom. The highest BCUT2D eigenvalue weighted by molar-refractivity contribution is 7.81. The molecule has 1 aliphatic heterocycles. The number of thiocarbonyl (C=S) groups is 1. The van der Waals surface area contributed by atoms with Gasteiger partial charge in [0.2, 0.25) is 0 Å². The fourth-order valence-corrected chi connectivity index (χ4v) is 2.90. The summed E-state index contributed by atoms with van der Waals surface area (Å²) >= 11 is 5.38. The number of anilines is 1. The summed E-state index contributed by atoms with van der Waals surface area (Å²) < 4.78 is 10.9. The first-order chi connectivity index (χ1) is 10.8. The van der Waals surface area contributed by atoms with Gasteiger partial charge in [-0.2, -0.15) is 0 Å². The van der Waals surface area contributed by atoms with E-state index in [0.717, 1.165) is 37.5 Å². The van der Waals surface area contributed by atoms with E-state index < -0.39 is 0 Å². The Kier molecular flexibility index (Phi) is 4.70. The van der Waals surface area contributed by atoms with Gasteiger partial charge in [0.1, 0.15) is 10.7 Å². The third kappa shape index (κ3) is 3.28. The smallest absolute Gasteiger partial charge is 0.165 e. The summed E-state index contributed by atoms with van der Waals surface area (Å²) in [6.07, 6.45) is 5.53. The lowest BCUT2D eigenvalue weighted by Crippen LogP contribution is -2.16. The number of ether oxygens (including phenoxy) is 2. The number of H-pyrrole nitrogens is 1. The van der Waals surface area contributed by atoms with Crippen LogP contribution in [0.25, 0.3) is 0 Å². The van der Waals surface area contributed by atoms with E-state index in [-0.39, 0.29) is 0 Å². The standard InChI is InChI=1S/C16H19N3O2S/c1-20-14-3-2-12(11-4-8-21-9-5-11)10-13(14)19-16(22)15-17-6-7-18-15/h2-3,6-7,10-11H,4-5,8-9H2,1H3,(H,17,18)(H,19,22). The number of aromatic amines is 1. The zero-order chi connectivity index (χ0) is 15.4. The van der Waals surface area contributed by atoms with E-state index in [1.54, 1.807) is 19.5 Å². The average molecular weight is 317 g/mol. The molecule has 0 amide bonds. The van der Waals surface area contributed by atoms with E-state index in [0.29, 0.717) is 16.7 Å². The van der Waals surface area contributed by atoms with Crippen LogP contribution in [0.5, 0.6) is 5.75 Å². The number of hydrogen-bond acceptors (Lipinski definition) is 4. The molecule has 2 heterocycles. The molecule has 1 saturated heterocycles. The number of benzene rings is 1. The quantitative estimate of drug-likeness (QED) is 0.849. The van der Waals surface area contributed by atoms with Crippen LogP contribution >= 0.6 is 12.2 Å². The summed E-state index contributed by atoms with van der Waals surface area (Å²) in [6.45, 7) is 1.65. The summed E-state index contributed by atoms with van der Waals surface area (Å²) in [7, 11) is 1.66. The topological polar surface area (TPSA) is 59.2 Å². The Labute approximate surface area is 135 Å². The average Bonchev–Trinajstić information content (AvgIpc) is 3.10. The van der Waals surface area contributed by atoms with Gasteiger partial charge in [-0.1, -0.05) is 18.3 Å². The maximum Gasteiger partial charge on any atom is 0.165 e. The molecule has 6 heteroatoms. The maximum atomic E-state index is 5.44. The minimum atomic E-state index is 0.525. The molecule has 116 valence electrons. The third-order valence-corrected chi connectivity index (χ3v) is 4.17. The van der Waals surface area contributed by atoms with Crippen molar-refractivity contribution < 1.29 is 9.47 Å². The van der Waals surface area contributed by atoms with Gasteiger partial charge in [0.05, 0.1) is 12.8 Å². The second-order valence-electron chi connectivity index (χ2n) is 5.24. The van der Waals surface area contributed by atoms with Crippen molar-refractivity contribution in [3.8, 4) is 5.75 Å². The van der Waals surface area contributed by atoms with E-state index in [4.69, 9.17) is 21.7 Å². The summed E-state index contributed by atoms with van der Waals surface area (Å²) in [5, 5.41) is 3.22. The fourth-order valence-electron chi connectivity index (χ4n) is 2.68. The predicted octanol–water partition coefficient (Wildman–Crippen LogP) is 3.10. The molecule has 0 saturated carbocycles. The molecule has 2 N–H and O–H groups in total. The number of rotatable bonds is 4. The van der Waals surface area contributed by atoms with E-state index in [9.17, 15) is 0 Å². The Bertz CT molecular complexity index is 637. The van der Waals surface area contributed by atoms with Crippen LogP contribution in [0.4, 0.5) is 5.69 Å². The Morgan fingerprint density at radius 2 is 2.23 bits per heavy atom. The van der Waals surface area contributed by atoms with Gasteiger partial charge in [-0.3, -0.25) is 0 Å². The first kappa shape index (κ1) is 15.0. The highest BCUT2D eigenvalue weighted by atomic mass is 32.1. The predicted molar refractivity (Wildman–Crippen MR) is 89.7 cm³/mol. The van der Waals surface area contributed by atoms with Gasteiger partial charge in [-0.15, -0.1) is 0 Å². The molecule has 0 spiro atoms. The molecule has 5 nitrogen and oxygen atoms in total. The van der Waals surface area contributed by atoms with Crippen molar-refractivity contribution in [2.24, 2.45) is 0 Å². The molecule has 3 rings (SSSR count). The molecule has 0 aliphatic carbocycles. The van der Waals surface area contributed by atoms with Crippen molar-refractivity contribution in [3.63, 3.8) is 0 Å². The maximum absolute atomic E-state index is 5.44. The second kappa shape index (κ2) is 6.89. The van der Waals surface area contributed by atoms with Crippen LogP contribution in [0.2, 0.25) is 0 Å². The largest absolute Gasteiger partial charge is 0.495 e. The van der Waals surface area contributed by atoms with Gasteiger partial charge in [0.25, 0.3) is 0 Å². The lowest BCUT2D eigenvalue weighted by atomic mass is 9.91. The highest BCUT2D eigenvalue weighted by Gasteiger charge is 2.18. The lowest BCUT2D eigenvalue weighted by molar-refractivity contribution is 0.0853. The number of aromatic nitrogens is 2. The first-order valence-corrected chi connectivity index (χ1v) is 7.75. The Hall–Kier alpha value is -1.92. The van der Waals surface area contributed by atoms with Crippen LogP contribution < -0.4 is 10.1 Å². The van der Waals surface area contributed by atoms with Crippen molar-refractivity contribution in [2.75, 3.05) is 25.6 Å². The third-order valence-electron chi connectivity index (χ3n) is 3.88. The van der Waals surface area contributed by atoms with Crippen LogP contribution in [0.15, 0.2) is 30.6 Å². The van der Waals surface area contributed by atoms with Crippen molar-refractivity contribution in [3.05, 3.63) is 42.0 Å². The molecular weight excluding hydrogens is 298 g/mol. The normalized spacial score (nSPS) is 15.5. The van der Waals surface area contributed by atoms with Crippen molar-refractivity contribution in [1.82, 2.24) is 9.97 Å². The van der Waals surface area contributed by atoms with E-state index in [2.05, 4.69) is 27.4 Å². The zero-order valence-corrected chi connectivity index (χ0v) is 13.3. The summed E-state index contributed by atoms with van der Waals surface area (Å²) in [6, 6.07) is 6.22. The molecule has 1 aromatic heterocycles. The monoisotopic (exact) mass is 317 g/mol. The highest BCUT2D eigenvalue weighted by Crippen LogP contribution is 2.33. The molecule has 1 fully saturated rings. The second-order valence-corrected chi connectivity index (χ2v) is 5.65. The molecule has 2 aromatic rings. The summed E-state index contributed by atoms with van der Waals surface area (Å²) in [4.78, 5) is 7.71. The molecule has 22 heavy (non-hydrogen) atoms. The molecule has 1 aromatic carbocycles. The fraction of sp³-hybridized carbons (Fsp3) is 0.375.